The molecule has 0 saturated carbocycles. The predicted molar refractivity (Wildman–Crippen MR) is 109 cm³/mol. The molecule has 4 rings (SSSR count). The maximum atomic E-state index is 12.5. The van der Waals surface area contributed by atoms with Gasteiger partial charge in [-0.1, -0.05) is 41.6 Å². The number of ether oxygens (including phenoxy) is 2. The van der Waals surface area contributed by atoms with E-state index >= 15 is 0 Å². The number of amides is 1. The van der Waals surface area contributed by atoms with E-state index < -0.39 is 0 Å². The monoisotopic (exact) mass is 398 g/mol. The minimum absolute atomic E-state index is 0.0778. The normalized spacial score (nSPS) is 13.4. The van der Waals surface area contributed by atoms with Crippen LogP contribution in [0.25, 0.3) is 11.3 Å². The Balaban J connectivity index is 1.39. The average molecular weight is 399 g/mol. The number of aryl methyl sites for hydroxylation is 1. The van der Waals surface area contributed by atoms with Crippen LogP contribution in [-0.4, -0.2) is 22.9 Å². The Labute approximate surface area is 165 Å². The molecule has 1 atom stereocenters. The van der Waals surface area contributed by atoms with Gasteiger partial charge in [0.05, 0.1) is 10.9 Å². The molecule has 0 radical (unpaired) electrons. The van der Waals surface area contributed by atoms with Crippen LogP contribution in [0.3, 0.4) is 0 Å². The minimum atomic E-state index is -0.271. The summed E-state index contributed by atoms with van der Waals surface area (Å²) in [6, 6.07) is 13.7. The lowest BCUT2D eigenvalue weighted by atomic mass is 10.1. The van der Waals surface area contributed by atoms with Crippen molar-refractivity contribution in [2.24, 2.45) is 0 Å². The number of thioether (sulfide) groups is 1. The van der Waals surface area contributed by atoms with Crippen LogP contribution in [0.1, 0.15) is 12.5 Å². The molecule has 7 heteroatoms. The molecule has 0 bridgehead atoms. The summed E-state index contributed by atoms with van der Waals surface area (Å²) < 4.78 is 11.5. The molecule has 0 spiro atoms. The van der Waals surface area contributed by atoms with Gasteiger partial charge in [0.1, 0.15) is 0 Å². The number of thiazole rings is 1. The van der Waals surface area contributed by atoms with Crippen molar-refractivity contribution in [1.29, 1.82) is 0 Å². The smallest absolute Gasteiger partial charge is 0.237 e. The van der Waals surface area contributed by atoms with Crippen molar-refractivity contribution in [3.63, 3.8) is 0 Å². The van der Waals surface area contributed by atoms with Gasteiger partial charge in [-0.25, -0.2) is 4.98 Å². The lowest BCUT2D eigenvalue weighted by Crippen LogP contribution is -2.22. The first-order valence-corrected chi connectivity index (χ1v) is 10.2. The Hall–Kier alpha value is -2.51. The van der Waals surface area contributed by atoms with Gasteiger partial charge in [-0.2, -0.15) is 0 Å². The topological polar surface area (TPSA) is 60.5 Å². The third kappa shape index (κ3) is 4.09. The Morgan fingerprint density at radius 3 is 2.78 bits per heavy atom. The standard InChI is InChI=1S/C20H18N2O3S2/c1-12-3-5-14(6-4-12)16-10-26-20(22-16)27-13(2)19(23)21-15-7-8-17-18(9-15)25-11-24-17/h3-10,13H,11H2,1-2H3,(H,21,23)/t13-/m1/s1. The van der Waals surface area contributed by atoms with Gasteiger partial charge in [-0.3, -0.25) is 4.79 Å². The molecule has 0 saturated heterocycles. The van der Waals surface area contributed by atoms with E-state index in [0.29, 0.717) is 17.2 Å². The average Bonchev–Trinajstić information content (AvgIpc) is 3.31. The van der Waals surface area contributed by atoms with E-state index in [-0.39, 0.29) is 18.0 Å². The molecule has 2 aromatic carbocycles. The van der Waals surface area contributed by atoms with Crippen molar-refractivity contribution in [3.8, 4) is 22.8 Å². The molecule has 1 aliphatic heterocycles. The van der Waals surface area contributed by atoms with Crippen molar-refractivity contribution in [2.45, 2.75) is 23.4 Å². The van der Waals surface area contributed by atoms with Gasteiger partial charge in [0.25, 0.3) is 0 Å². The van der Waals surface area contributed by atoms with E-state index in [2.05, 4.69) is 41.5 Å². The third-order valence-corrected chi connectivity index (χ3v) is 6.19. The highest BCUT2D eigenvalue weighted by Gasteiger charge is 2.19. The predicted octanol–water partition coefficient (Wildman–Crippen LogP) is 4.97. The molecule has 3 aromatic rings. The first-order valence-electron chi connectivity index (χ1n) is 8.48. The quantitative estimate of drug-likeness (QED) is 0.615. The number of aromatic nitrogens is 1. The fraction of sp³-hybridized carbons (Fsp3) is 0.200. The second-order valence-corrected chi connectivity index (χ2v) is 8.63. The summed E-state index contributed by atoms with van der Waals surface area (Å²) in [5.74, 6) is 1.27. The van der Waals surface area contributed by atoms with Gasteiger partial charge in [0.15, 0.2) is 15.8 Å². The van der Waals surface area contributed by atoms with Gasteiger partial charge in [0, 0.05) is 22.7 Å². The van der Waals surface area contributed by atoms with Crippen LogP contribution in [0.2, 0.25) is 0 Å². The number of fused-ring (bicyclic) bond motifs is 1. The van der Waals surface area contributed by atoms with E-state index in [1.807, 2.05) is 18.4 Å². The van der Waals surface area contributed by atoms with Crippen molar-refractivity contribution >= 4 is 34.7 Å². The SMILES string of the molecule is Cc1ccc(-c2csc(S[C@H](C)C(=O)Nc3ccc4c(c3)OCO4)n2)cc1. The fourth-order valence-corrected chi connectivity index (χ4v) is 4.56. The molecule has 0 aliphatic carbocycles. The van der Waals surface area contributed by atoms with Crippen molar-refractivity contribution in [1.82, 2.24) is 4.98 Å². The van der Waals surface area contributed by atoms with Crippen LogP contribution in [0, 0.1) is 6.92 Å². The summed E-state index contributed by atoms with van der Waals surface area (Å²) in [5.41, 5.74) is 3.93. The first-order chi connectivity index (χ1) is 13.1. The Morgan fingerprint density at radius 2 is 1.96 bits per heavy atom. The van der Waals surface area contributed by atoms with E-state index in [1.54, 1.807) is 23.5 Å². The zero-order valence-corrected chi connectivity index (χ0v) is 16.5. The highest BCUT2D eigenvalue weighted by atomic mass is 32.2. The largest absolute Gasteiger partial charge is 0.454 e. The number of benzene rings is 2. The molecular formula is C20H18N2O3S2. The maximum absolute atomic E-state index is 12.5. The summed E-state index contributed by atoms with van der Waals surface area (Å²) in [7, 11) is 0. The van der Waals surface area contributed by atoms with E-state index in [0.717, 1.165) is 15.6 Å². The number of carbonyl (C=O) groups excluding carboxylic acids is 1. The van der Waals surface area contributed by atoms with Crippen molar-refractivity contribution in [2.75, 3.05) is 12.1 Å². The summed E-state index contributed by atoms with van der Waals surface area (Å²) in [6.07, 6.45) is 0. The van der Waals surface area contributed by atoms with E-state index in [4.69, 9.17) is 9.47 Å². The molecule has 2 heterocycles. The van der Waals surface area contributed by atoms with Crippen LogP contribution >= 0.6 is 23.1 Å². The van der Waals surface area contributed by atoms with Crippen LogP contribution in [0.5, 0.6) is 11.5 Å². The van der Waals surface area contributed by atoms with Crippen molar-refractivity contribution < 1.29 is 14.3 Å². The third-order valence-electron chi connectivity index (χ3n) is 4.12. The Morgan fingerprint density at radius 1 is 1.19 bits per heavy atom. The Bertz CT molecular complexity index is 970. The molecule has 27 heavy (non-hydrogen) atoms. The summed E-state index contributed by atoms with van der Waals surface area (Å²) in [4.78, 5) is 17.2. The number of nitrogens with one attached hydrogen (secondary N) is 1. The van der Waals surface area contributed by atoms with E-state index in [9.17, 15) is 4.79 Å². The molecule has 0 unspecified atom stereocenters. The number of rotatable bonds is 5. The maximum Gasteiger partial charge on any atom is 0.237 e. The highest BCUT2D eigenvalue weighted by molar-refractivity contribution is 8.02. The zero-order chi connectivity index (χ0) is 18.8. The molecule has 1 aromatic heterocycles. The minimum Gasteiger partial charge on any atom is -0.454 e. The van der Waals surface area contributed by atoms with Gasteiger partial charge in [0.2, 0.25) is 12.7 Å². The molecule has 1 N–H and O–H groups in total. The highest BCUT2D eigenvalue weighted by Crippen LogP contribution is 2.35. The Kier molecular flexibility index (Phi) is 5.05. The number of anilines is 1. The molecule has 0 fully saturated rings. The van der Waals surface area contributed by atoms with Gasteiger partial charge >= 0.3 is 0 Å². The number of hydrogen-bond acceptors (Lipinski definition) is 6. The van der Waals surface area contributed by atoms with Crippen molar-refractivity contribution in [3.05, 3.63) is 53.4 Å². The van der Waals surface area contributed by atoms with Gasteiger partial charge in [-0.05, 0) is 26.0 Å². The zero-order valence-electron chi connectivity index (χ0n) is 14.9. The second-order valence-electron chi connectivity index (χ2n) is 6.18. The first kappa shape index (κ1) is 17.9. The van der Waals surface area contributed by atoms with Crippen LogP contribution < -0.4 is 14.8 Å². The van der Waals surface area contributed by atoms with Crippen LogP contribution in [0.15, 0.2) is 52.2 Å². The second kappa shape index (κ2) is 7.62. The van der Waals surface area contributed by atoms with Crippen LogP contribution in [-0.2, 0) is 4.79 Å². The molecular weight excluding hydrogens is 380 g/mol. The lowest BCUT2D eigenvalue weighted by molar-refractivity contribution is -0.115. The fourth-order valence-electron chi connectivity index (χ4n) is 2.59. The molecule has 138 valence electrons. The number of carbonyl (C=O) groups is 1. The number of nitrogens with zero attached hydrogens (tertiary/aromatic N) is 1. The summed E-state index contributed by atoms with van der Waals surface area (Å²) >= 11 is 3.01. The lowest BCUT2D eigenvalue weighted by Gasteiger charge is -2.11. The van der Waals surface area contributed by atoms with E-state index in [1.165, 1.54) is 17.3 Å². The summed E-state index contributed by atoms with van der Waals surface area (Å²) in [5, 5.41) is 4.67. The molecule has 1 amide bonds. The van der Waals surface area contributed by atoms with Crippen LogP contribution in [0.4, 0.5) is 5.69 Å². The van der Waals surface area contributed by atoms with Gasteiger partial charge < -0.3 is 14.8 Å². The number of hydrogen-bond donors (Lipinski definition) is 1. The molecule has 1 aliphatic rings. The van der Waals surface area contributed by atoms with Gasteiger partial charge in [-0.15, -0.1) is 11.3 Å². The summed E-state index contributed by atoms with van der Waals surface area (Å²) in [6.45, 7) is 4.15. The molecule has 5 nitrogen and oxygen atoms in total.